The monoisotopic (exact) mass is 456 g/mol. The summed E-state index contributed by atoms with van der Waals surface area (Å²) in [5, 5.41) is 1.05. The molecule has 1 fully saturated rings. The fraction of sp³-hybridized carbons (Fsp3) is 0.269. The van der Waals surface area contributed by atoms with E-state index in [1.165, 1.54) is 0 Å². The van der Waals surface area contributed by atoms with E-state index in [0.717, 1.165) is 37.1 Å². The number of rotatable bonds is 7. The van der Waals surface area contributed by atoms with E-state index < -0.39 is 0 Å². The summed E-state index contributed by atoms with van der Waals surface area (Å²) in [7, 11) is 0. The van der Waals surface area contributed by atoms with E-state index in [2.05, 4.69) is 19.4 Å². The molecule has 2 amide bonds. The molecule has 2 aromatic heterocycles. The number of imidazole rings is 1. The van der Waals surface area contributed by atoms with Crippen LogP contribution in [0.2, 0.25) is 0 Å². The second kappa shape index (κ2) is 9.93. The van der Waals surface area contributed by atoms with Crippen molar-refractivity contribution < 1.29 is 9.59 Å². The number of hydrogen-bond donors (Lipinski definition) is 1. The minimum Gasteiger partial charge on any atom is -0.361 e. The van der Waals surface area contributed by atoms with Crippen LogP contribution in [-0.2, 0) is 11.3 Å². The summed E-state index contributed by atoms with van der Waals surface area (Å²) in [5.41, 5.74) is 2.17. The van der Waals surface area contributed by atoms with Gasteiger partial charge in [0, 0.05) is 74.6 Å². The molecule has 34 heavy (non-hydrogen) atoms. The van der Waals surface area contributed by atoms with Gasteiger partial charge in [-0.15, -0.1) is 0 Å². The summed E-state index contributed by atoms with van der Waals surface area (Å²) in [5.74, 6) is -0.220. The average molecular weight is 457 g/mol. The number of aromatic nitrogens is 3. The predicted molar refractivity (Wildman–Crippen MR) is 132 cm³/mol. The number of piperazine rings is 1. The molecule has 0 saturated carbocycles. The van der Waals surface area contributed by atoms with Crippen LogP contribution >= 0.6 is 0 Å². The van der Waals surface area contributed by atoms with Crippen molar-refractivity contribution in [2.45, 2.75) is 6.54 Å². The van der Waals surface area contributed by atoms with E-state index in [-0.39, 0.29) is 18.4 Å². The van der Waals surface area contributed by atoms with Crippen LogP contribution in [0.5, 0.6) is 0 Å². The lowest BCUT2D eigenvalue weighted by Crippen LogP contribution is -2.52. The predicted octanol–water partition coefficient (Wildman–Crippen LogP) is 2.86. The van der Waals surface area contributed by atoms with Crippen molar-refractivity contribution in [3.8, 4) is 0 Å². The number of amides is 2. The third-order valence-corrected chi connectivity index (χ3v) is 6.37. The number of benzene rings is 2. The van der Waals surface area contributed by atoms with Gasteiger partial charge in [0.15, 0.2) is 0 Å². The van der Waals surface area contributed by atoms with E-state index in [1.54, 1.807) is 11.1 Å². The van der Waals surface area contributed by atoms with Crippen LogP contribution < -0.4 is 4.90 Å². The quantitative estimate of drug-likeness (QED) is 0.464. The van der Waals surface area contributed by atoms with Gasteiger partial charge < -0.3 is 14.5 Å². The topological polar surface area (TPSA) is 77.5 Å². The zero-order chi connectivity index (χ0) is 23.3. The molecular formula is C26H28N6O2. The molecule has 2 aromatic carbocycles. The molecule has 1 N–H and O–H groups in total. The summed E-state index contributed by atoms with van der Waals surface area (Å²) in [4.78, 5) is 39.8. The average Bonchev–Trinajstić information content (AvgIpc) is 3.58. The highest BCUT2D eigenvalue weighted by Crippen LogP contribution is 2.20. The Labute approximate surface area is 198 Å². The Balaban J connectivity index is 1.25. The molecule has 8 nitrogen and oxygen atoms in total. The maximum atomic E-state index is 13.5. The van der Waals surface area contributed by atoms with Crippen LogP contribution in [0.4, 0.5) is 5.69 Å². The minimum absolute atomic E-state index is 0.0145. The smallest absolute Gasteiger partial charge is 0.258 e. The number of nitrogens with one attached hydrogen (secondary N) is 1. The molecule has 0 spiro atoms. The molecule has 0 aliphatic carbocycles. The molecule has 4 aromatic rings. The lowest BCUT2D eigenvalue weighted by molar-refractivity contribution is -0.131. The summed E-state index contributed by atoms with van der Waals surface area (Å²) >= 11 is 0. The van der Waals surface area contributed by atoms with Gasteiger partial charge in [0.2, 0.25) is 5.91 Å². The van der Waals surface area contributed by atoms with Gasteiger partial charge in [0.25, 0.3) is 5.91 Å². The number of aromatic amines is 1. The maximum Gasteiger partial charge on any atom is 0.258 e. The van der Waals surface area contributed by atoms with Crippen LogP contribution in [0, 0.1) is 0 Å². The Morgan fingerprint density at radius 1 is 0.971 bits per heavy atom. The van der Waals surface area contributed by atoms with Gasteiger partial charge in [-0.3, -0.25) is 19.4 Å². The van der Waals surface area contributed by atoms with Crippen LogP contribution in [0.3, 0.4) is 0 Å². The first-order valence-electron chi connectivity index (χ1n) is 11.6. The van der Waals surface area contributed by atoms with E-state index in [4.69, 9.17) is 0 Å². The van der Waals surface area contributed by atoms with Gasteiger partial charge in [-0.1, -0.05) is 24.3 Å². The van der Waals surface area contributed by atoms with Crippen molar-refractivity contribution in [1.82, 2.24) is 24.3 Å². The van der Waals surface area contributed by atoms with Crippen LogP contribution in [0.1, 0.15) is 10.4 Å². The Bertz CT molecular complexity index is 1240. The molecular weight excluding hydrogens is 428 g/mol. The van der Waals surface area contributed by atoms with Gasteiger partial charge in [-0.2, -0.15) is 0 Å². The standard InChI is InChI=1S/C26H28N6O2/c33-25(31-16-14-29(15-17-31)12-13-30-11-10-27-20-30)19-32(23-4-2-1-3-5-23)26(34)22-7-6-21-8-9-28-24(21)18-22/h1-11,18,20,28H,12-17,19H2. The van der Waals surface area contributed by atoms with Gasteiger partial charge in [-0.25, -0.2) is 4.98 Å². The third-order valence-electron chi connectivity index (χ3n) is 6.37. The molecule has 8 heteroatoms. The number of fused-ring (bicyclic) bond motifs is 1. The van der Waals surface area contributed by atoms with E-state index in [9.17, 15) is 9.59 Å². The van der Waals surface area contributed by atoms with E-state index >= 15 is 0 Å². The van der Waals surface area contributed by atoms with Crippen molar-refractivity contribution in [1.29, 1.82) is 0 Å². The Morgan fingerprint density at radius 2 is 1.79 bits per heavy atom. The van der Waals surface area contributed by atoms with Crippen LogP contribution in [0.15, 0.2) is 79.5 Å². The SMILES string of the molecule is O=C(CN(C(=O)c1ccc2cc[nH]c2c1)c1ccccc1)N1CCN(CCn2ccnc2)CC1. The molecule has 0 unspecified atom stereocenters. The second-order valence-corrected chi connectivity index (χ2v) is 8.53. The van der Waals surface area contributed by atoms with Gasteiger partial charge in [0.1, 0.15) is 6.54 Å². The van der Waals surface area contributed by atoms with Crippen molar-refractivity contribution in [2.75, 3.05) is 44.2 Å². The zero-order valence-electron chi connectivity index (χ0n) is 19.0. The lowest BCUT2D eigenvalue weighted by Gasteiger charge is -2.36. The molecule has 0 atom stereocenters. The van der Waals surface area contributed by atoms with Crippen molar-refractivity contribution in [2.24, 2.45) is 0 Å². The zero-order valence-corrected chi connectivity index (χ0v) is 19.0. The first kappa shape index (κ1) is 21.9. The summed E-state index contributed by atoms with van der Waals surface area (Å²) in [6.45, 7) is 4.79. The van der Waals surface area contributed by atoms with Gasteiger partial charge in [0.05, 0.1) is 6.33 Å². The first-order chi connectivity index (χ1) is 16.7. The first-order valence-corrected chi connectivity index (χ1v) is 11.6. The molecule has 1 saturated heterocycles. The largest absolute Gasteiger partial charge is 0.361 e. The van der Waals surface area contributed by atoms with E-state index in [1.807, 2.05) is 78.2 Å². The fourth-order valence-electron chi connectivity index (χ4n) is 4.36. The highest BCUT2D eigenvalue weighted by molar-refractivity contribution is 6.10. The normalized spacial score (nSPS) is 14.4. The Kier molecular flexibility index (Phi) is 6.40. The summed E-state index contributed by atoms with van der Waals surface area (Å²) in [6.07, 6.45) is 7.42. The number of nitrogens with zero attached hydrogens (tertiary/aromatic N) is 5. The molecule has 174 valence electrons. The van der Waals surface area contributed by atoms with Crippen LogP contribution in [-0.4, -0.2) is 75.4 Å². The Morgan fingerprint density at radius 3 is 2.56 bits per heavy atom. The maximum absolute atomic E-state index is 13.5. The minimum atomic E-state index is -0.185. The van der Waals surface area contributed by atoms with E-state index in [0.29, 0.717) is 24.3 Å². The molecule has 1 aliphatic heterocycles. The lowest BCUT2D eigenvalue weighted by atomic mass is 10.1. The number of carbonyl (C=O) groups is 2. The van der Waals surface area contributed by atoms with Crippen molar-refractivity contribution in [3.63, 3.8) is 0 Å². The fourth-order valence-corrected chi connectivity index (χ4v) is 4.36. The number of H-pyrrole nitrogens is 1. The molecule has 5 rings (SSSR count). The number of carbonyl (C=O) groups excluding carboxylic acids is 2. The highest BCUT2D eigenvalue weighted by atomic mass is 16.2. The number of para-hydroxylation sites is 1. The molecule has 3 heterocycles. The number of hydrogen-bond acceptors (Lipinski definition) is 4. The second-order valence-electron chi connectivity index (χ2n) is 8.53. The molecule has 1 aliphatic rings. The van der Waals surface area contributed by atoms with Gasteiger partial charge >= 0.3 is 0 Å². The summed E-state index contributed by atoms with van der Waals surface area (Å²) < 4.78 is 2.06. The molecule has 0 bridgehead atoms. The highest BCUT2D eigenvalue weighted by Gasteiger charge is 2.26. The van der Waals surface area contributed by atoms with Crippen molar-refractivity contribution >= 4 is 28.4 Å². The van der Waals surface area contributed by atoms with Crippen LogP contribution in [0.25, 0.3) is 10.9 Å². The number of anilines is 1. The third kappa shape index (κ3) is 4.87. The van der Waals surface area contributed by atoms with Crippen molar-refractivity contribution in [3.05, 3.63) is 85.1 Å². The van der Waals surface area contributed by atoms with Gasteiger partial charge in [-0.05, 0) is 35.7 Å². The summed E-state index contributed by atoms with van der Waals surface area (Å²) in [6, 6.07) is 17.0. The molecule has 0 radical (unpaired) electrons. The Hall–Kier alpha value is -3.91.